The molecule has 4 nitrogen and oxygen atoms in total. The van der Waals surface area contributed by atoms with E-state index in [2.05, 4.69) is 9.97 Å². The molecule has 0 aromatic carbocycles. The van der Waals surface area contributed by atoms with E-state index in [1.54, 1.807) is 0 Å². The maximum absolute atomic E-state index is 12.2. The molecule has 0 bridgehead atoms. The second kappa shape index (κ2) is 5.77. The molecule has 1 rings (SSSR count). The van der Waals surface area contributed by atoms with Gasteiger partial charge in [-0.25, -0.2) is 18.7 Å². The zero-order valence-electron chi connectivity index (χ0n) is 7.91. The predicted octanol–water partition coefficient (Wildman–Crippen LogP) is 1.16. The minimum atomic E-state index is -2.45. The van der Waals surface area contributed by atoms with Gasteiger partial charge in [-0.15, -0.1) is 0 Å². The maximum Gasteiger partial charge on any atom is 0.255 e. The van der Waals surface area contributed by atoms with Gasteiger partial charge in [-0.05, 0) is 0 Å². The Hall–Kier alpha value is -1.01. The summed E-state index contributed by atoms with van der Waals surface area (Å²) in [5, 5.41) is 0.364. The van der Waals surface area contributed by atoms with Crippen LogP contribution in [0, 0.1) is 0 Å². The van der Waals surface area contributed by atoms with E-state index in [0.29, 0.717) is 5.02 Å². The van der Waals surface area contributed by atoms with Gasteiger partial charge in [0.1, 0.15) is 0 Å². The summed E-state index contributed by atoms with van der Waals surface area (Å²) < 4.78 is 24.4. The second-order valence-corrected chi connectivity index (χ2v) is 3.26. The molecule has 84 valence electrons. The summed E-state index contributed by atoms with van der Waals surface area (Å²) in [5.41, 5.74) is 5.30. The van der Waals surface area contributed by atoms with Crippen LogP contribution in [0.15, 0.2) is 12.4 Å². The highest BCUT2D eigenvalue weighted by Gasteiger charge is 2.14. The molecule has 0 fully saturated rings. The van der Waals surface area contributed by atoms with Crippen LogP contribution in [0.2, 0.25) is 5.02 Å². The summed E-state index contributed by atoms with van der Waals surface area (Å²) in [6.45, 7) is 0.115. The number of anilines is 1. The van der Waals surface area contributed by atoms with Crippen molar-refractivity contribution in [3.8, 4) is 0 Å². The molecule has 7 heteroatoms. The number of aromatic nitrogens is 2. The van der Waals surface area contributed by atoms with Crippen LogP contribution in [0.4, 0.5) is 14.7 Å². The molecule has 1 aromatic rings. The molecule has 0 aliphatic rings. The van der Waals surface area contributed by atoms with E-state index in [-0.39, 0.29) is 19.0 Å². The zero-order valence-corrected chi connectivity index (χ0v) is 8.66. The predicted molar refractivity (Wildman–Crippen MR) is 54.3 cm³/mol. The smallest absolute Gasteiger partial charge is 0.255 e. The van der Waals surface area contributed by atoms with Gasteiger partial charge >= 0.3 is 0 Å². The van der Waals surface area contributed by atoms with E-state index in [1.807, 2.05) is 0 Å². The van der Waals surface area contributed by atoms with Crippen LogP contribution in [-0.4, -0.2) is 36.0 Å². The van der Waals surface area contributed by atoms with Gasteiger partial charge in [-0.1, -0.05) is 11.6 Å². The molecule has 0 aliphatic carbocycles. The van der Waals surface area contributed by atoms with Crippen LogP contribution < -0.4 is 10.6 Å². The van der Waals surface area contributed by atoms with Gasteiger partial charge in [-0.2, -0.15) is 0 Å². The van der Waals surface area contributed by atoms with Gasteiger partial charge in [0.25, 0.3) is 6.43 Å². The van der Waals surface area contributed by atoms with Crippen molar-refractivity contribution in [2.24, 2.45) is 5.73 Å². The Balaban J connectivity index is 2.74. The summed E-state index contributed by atoms with van der Waals surface area (Å²) >= 11 is 5.58. The molecule has 0 unspecified atom stereocenters. The van der Waals surface area contributed by atoms with Gasteiger partial charge in [-0.3, -0.25) is 0 Å². The van der Waals surface area contributed by atoms with E-state index in [0.717, 1.165) is 0 Å². The molecule has 0 aliphatic heterocycles. The summed E-state index contributed by atoms with van der Waals surface area (Å²) in [5.74, 6) is 0.213. The van der Waals surface area contributed by atoms with Gasteiger partial charge in [0, 0.05) is 13.1 Å². The van der Waals surface area contributed by atoms with Crippen LogP contribution >= 0.6 is 11.6 Å². The minimum Gasteiger partial charge on any atom is -0.334 e. The van der Waals surface area contributed by atoms with Crippen LogP contribution in [-0.2, 0) is 0 Å². The lowest BCUT2D eigenvalue weighted by Crippen LogP contribution is -2.34. The summed E-state index contributed by atoms with van der Waals surface area (Å²) in [6.07, 6.45) is 0.272. The first-order valence-corrected chi connectivity index (χ1v) is 4.72. The Morgan fingerprint density at radius 3 is 2.47 bits per heavy atom. The fourth-order valence-corrected chi connectivity index (χ4v) is 1.16. The lowest BCUT2D eigenvalue weighted by Gasteiger charge is -2.20. The Labute approximate surface area is 91.1 Å². The standard InChI is InChI=1S/C8H11ClF2N4/c9-6-3-13-8(14-4-6)15(2-1-12)5-7(10)11/h3-4,7H,1-2,5,12H2. The Morgan fingerprint density at radius 1 is 1.40 bits per heavy atom. The van der Waals surface area contributed by atoms with Gasteiger partial charge in [0.15, 0.2) is 0 Å². The first-order chi connectivity index (χ1) is 7.13. The van der Waals surface area contributed by atoms with Crippen molar-refractivity contribution in [1.82, 2.24) is 9.97 Å². The van der Waals surface area contributed by atoms with Crippen molar-refractivity contribution < 1.29 is 8.78 Å². The SMILES string of the molecule is NCCN(CC(F)F)c1ncc(Cl)cn1. The van der Waals surface area contributed by atoms with Crippen molar-refractivity contribution in [1.29, 1.82) is 0 Å². The fourth-order valence-electron chi connectivity index (χ4n) is 1.06. The molecule has 0 saturated heterocycles. The van der Waals surface area contributed by atoms with Crippen molar-refractivity contribution >= 4 is 17.5 Å². The quantitative estimate of drug-likeness (QED) is 0.834. The Morgan fingerprint density at radius 2 is 2.00 bits per heavy atom. The highest BCUT2D eigenvalue weighted by molar-refractivity contribution is 6.30. The molecule has 0 saturated carbocycles. The monoisotopic (exact) mass is 236 g/mol. The largest absolute Gasteiger partial charge is 0.334 e. The van der Waals surface area contributed by atoms with Gasteiger partial charge in [0.05, 0.1) is 24.0 Å². The van der Waals surface area contributed by atoms with Crippen molar-refractivity contribution in [3.05, 3.63) is 17.4 Å². The van der Waals surface area contributed by atoms with E-state index in [4.69, 9.17) is 17.3 Å². The highest BCUT2D eigenvalue weighted by Crippen LogP contribution is 2.11. The normalized spacial score (nSPS) is 10.7. The molecule has 15 heavy (non-hydrogen) atoms. The fraction of sp³-hybridized carbons (Fsp3) is 0.500. The van der Waals surface area contributed by atoms with Gasteiger partial charge in [0.2, 0.25) is 5.95 Å². The topological polar surface area (TPSA) is 55.0 Å². The lowest BCUT2D eigenvalue weighted by atomic mass is 10.5. The van der Waals surface area contributed by atoms with Crippen molar-refractivity contribution in [2.45, 2.75) is 6.43 Å². The number of nitrogens with two attached hydrogens (primary N) is 1. The minimum absolute atomic E-state index is 0.213. The average Bonchev–Trinajstić information content (AvgIpc) is 2.17. The molecular weight excluding hydrogens is 226 g/mol. The van der Waals surface area contributed by atoms with E-state index in [1.165, 1.54) is 17.3 Å². The van der Waals surface area contributed by atoms with Crippen LogP contribution in [0.25, 0.3) is 0 Å². The van der Waals surface area contributed by atoms with Crippen LogP contribution in [0.3, 0.4) is 0 Å². The first-order valence-electron chi connectivity index (χ1n) is 4.34. The molecule has 1 heterocycles. The van der Waals surface area contributed by atoms with Crippen molar-refractivity contribution in [3.63, 3.8) is 0 Å². The zero-order chi connectivity index (χ0) is 11.3. The van der Waals surface area contributed by atoms with Gasteiger partial charge < -0.3 is 10.6 Å². The number of rotatable bonds is 5. The van der Waals surface area contributed by atoms with Crippen LogP contribution in [0.5, 0.6) is 0 Å². The summed E-state index contributed by atoms with van der Waals surface area (Å²) in [6, 6.07) is 0. The van der Waals surface area contributed by atoms with Crippen molar-refractivity contribution in [2.75, 3.05) is 24.5 Å². The molecule has 0 atom stereocenters. The average molecular weight is 237 g/mol. The number of nitrogens with zero attached hydrogens (tertiary/aromatic N) is 3. The number of hydrogen-bond acceptors (Lipinski definition) is 4. The van der Waals surface area contributed by atoms with E-state index >= 15 is 0 Å². The molecular formula is C8H11ClF2N4. The number of halogens is 3. The molecule has 0 radical (unpaired) electrons. The maximum atomic E-state index is 12.2. The third kappa shape index (κ3) is 3.93. The molecule has 1 aromatic heterocycles. The van der Waals surface area contributed by atoms with E-state index in [9.17, 15) is 8.78 Å². The Kier molecular flexibility index (Phi) is 4.64. The highest BCUT2D eigenvalue weighted by atomic mass is 35.5. The van der Waals surface area contributed by atoms with E-state index < -0.39 is 13.0 Å². The third-order valence-electron chi connectivity index (χ3n) is 1.65. The molecule has 0 spiro atoms. The first kappa shape index (κ1) is 12.1. The second-order valence-electron chi connectivity index (χ2n) is 2.83. The summed E-state index contributed by atoms with van der Waals surface area (Å²) in [7, 11) is 0. The summed E-state index contributed by atoms with van der Waals surface area (Å²) in [4.78, 5) is 9.01. The third-order valence-corrected chi connectivity index (χ3v) is 1.84. The number of hydrogen-bond donors (Lipinski definition) is 1. The molecule has 0 amide bonds. The number of alkyl halides is 2. The molecule has 2 N–H and O–H groups in total. The lowest BCUT2D eigenvalue weighted by molar-refractivity contribution is 0.154. The van der Waals surface area contributed by atoms with Crippen LogP contribution in [0.1, 0.15) is 0 Å². The Bertz CT molecular complexity index is 293.